The minimum Gasteiger partial charge on any atom is -0.444 e. The Morgan fingerprint density at radius 2 is 0.972 bits per heavy atom. The number of carbonyl (C=O) groups excluding carboxylic acids is 9. The van der Waals surface area contributed by atoms with E-state index in [2.05, 4.69) is 56.3 Å². The highest BCUT2D eigenvalue weighted by atomic mass is 16.6. The number of amides is 8. The lowest BCUT2D eigenvalue weighted by molar-refractivity contribution is -0.138. The smallest absolute Gasteiger partial charge is 0.407 e. The number of unbranched alkanes of at least 4 members (excludes halogenated alkanes) is 3. The number of aryl methyl sites for hydroxylation is 1. The van der Waals surface area contributed by atoms with Gasteiger partial charge in [0.2, 0.25) is 29.4 Å². The van der Waals surface area contributed by atoms with Crippen molar-refractivity contribution in [2.24, 2.45) is 11.7 Å². The van der Waals surface area contributed by atoms with Gasteiger partial charge in [-0.2, -0.15) is 0 Å². The van der Waals surface area contributed by atoms with Crippen molar-refractivity contribution < 1.29 is 52.6 Å². The van der Waals surface area contributed by atoms with Crippen LogP contribution in [0.3, 0.4) is 0 Å². The van der Waals surface area contributed by atoms with E-state index in [1.165, 1.54) is 19.4 Å². The van der Waals surface area contributed by atoms with E-state index in [-0.39, 0.29) is 38.3 Å². The summed E-state index contributed by atoms with van der Waals surface area (Å²) in [6.45, 7) is 19.3. The number of hydrogen-bond donors (Lipinski definition) is 8. The SMILES string of the molecule is CCCCc1ccc(-c2ccc(C(=O)N[C@@H](CCCCNC(=O)OC(C)(C)C)C(=O)N[C@@H](CCCCNC(=O)OC(C)(C)C)C(=O)N[C@@H](C)C(=O)N[C@@H](CC(C)C)C(=O)N[C@@H](C)C(=O)C(N)=O)cc2)cc1. The summed E-state index contributed by atoms with van der Waals surface area (Å²) < 4.78 is 10.6. The number of ketones is 1. The van der Waals surface area contributed by atoms with Gasteiger partial charge in [0.1, 0.15) is 35.4 Å². The van der Waals surface area contributed by atoms with Crippen LogP contribution in [0.1, 0.15) is 150 Å². The third-order valence-electron chi connectivity index (χ3n) is 10.8. The Morgan fingerprint density at radius 3 is 1.44 bits per heavy atom. The fraction of sp³-hybridized carbons (Fsp3) is 0.596. The first-order valence-corrected chi connectivity index (χ1v) is 24.7. The van der Waals surface area contributed by atoms with E-state index >= 15 is 0 Å². The molecule has 0 saturated heterocycles. The Bertz CT molecular complexity index is 2100. The summed E-state index contributed by atoms with van der Waals surface area (Å²) in [7, 11) is 0. The highest BCUT2D eigenvalue weighted by Crippen LogP contribution is 2.22. The van der Waals surface area contributed by atoms with Crippen LogP contribution in [0.5, 0.6) is 0 Å². The molecule has 0 spiro atoms. The van der Waals surface area contributed by atoms with Crippen molar-refractivity contribution in [2.45, 2.75) is 182 Å². The molecule has 0 bridgehead atoms. The maximum absolute atomic E-state index is 14.3. The number of ether oxygens (including phenoxy) is 2. The Kier molecular flexibility index (Phi) is 25.3. The van der Waals surface area contributed by atoms with Crippen LogP contribution in [-0.4, -0.2) is 108 Å². The van der Waals surface area contributed by atoms with Crippen molar-refractivity contribution in [3.05, 3.63) is 59.7 Å². The van der Waals surface area contributed by atoms with E-state index < -0.39 is 94.8 Å². The molecule has 2 aromatic carbocycles. The van der Waals surface area contributed by atoms with E-state index in [9.17, 15) is 43.2 Å². The summed E-state index contributed by atoms with van der Waals surface area (Å²) in [4.78, 5) is 117. The zero-order valence-corrected chi connectivity index (χ0v) is 43.6. The van der Waals surface area contributed by atoms with E-state index in [1.54, 1.807) is 53.7 Å². The minimum atomic E-state index is -1.25. The van der Waals surface area contributed by atoms with Gasteiger partial charge in [0.15, 0.2) is 0 Å². The largest absolute Gasteiger partial charge is 0.444 e. The maximum Gasteiger partial charge on any atom is 0.407 e. The molecule has 9 N–H and O–H groups in total. The lowest BCUT2D eigenvalue weighted by atomic mass is 10.0. The highest BCUT2D eigenvalue weighted by molar-refractivity contribution is 6.37. The van der Waals surface area contributed by atoms with E-state index in [4.69, 9.17) is 15.2 Å². The van der Waals surface area contributed by atoms with Crippen molar-refractivity contribution in [3.8, 4) is 11.1 Å². The zero-order chi connectivity index (χ0) is 53.5. The number of nitrogens with two attached hydrogens (primary N) is 1. The second-order valence-electron chi connectivity index (χ2n) is 20.2. The number of carbonyl (C=O) groups is 9. The zero-order valence-electron chi connectivity index (χ0n) is 43.6. The Labute approximate surface area is 419 Å². The first kappa shape index (κ1) is 60.6. The van der Waals surface area contributed by atoms with Gasteiger partial charge >= 0.3 is 12.2 Å². The molecule has 394 valence electrons. The van der Waals surface area contributed by atoms with Gasteiger partial charge < -0.3 is 52.4 Å². The molecule has 2 rings (SSSR count). The molecule has 0 aliphatic carbocycles. The molecule has 71 heavy (non-hydrogen) atoms. The van der Waals surface area contributed by atoms with Crippen LogP contribution < -0.4 is 43.0 Å². The van der Waals surface area contributed by atoms with Crippen LogP contribution >= 0.6 is 0 Å². The summed E-state index contributed by atoms with van der Waals surface area (Å²) in [6.07, 6.45) is 3.76. The molecule has 0 unspecified atom stereocenters. The number of Topliss-reactive ketones (excluding diaryl/α,β-unsaturated/α-hetero) is 1. The van der Waals surface area contributed by atoms with Crippen LogP contribution in [0.25, 0.3) is 11.1 Å². The van der Waals surface area contributed by atoms with Crippen molar-refractivity contribution in [2.75, 3.05) is 13.1 Å². The summed E-state index contributed by atoms with van der Waals surface area (Å²) in [5.74, 6) is -5.81. The summed E-state index contributed by atoms with van der Waals surface area (Å²) in [5.41, 5.74) is 7.10. The van der Waals surface area contributed by atoms with Crippen molar-refractivity contribution in [3.63, 3.8) is 0 Å². The molecule has 8 amide bonds. The minimum absolute atomic E-state index is 0.0492. The van der Waals surface area contributed by atoms with Gasteiger partial charge in [-0.05, 0) is 148 Å². The average molecular weight is 993 g/mol. The number of primary amides is 1. The number of rotatable bonds is 28. The molecule has 5 atom stereocenters. The van der Waals surface area contributed by atoms with Crippen LogP contribution in [0.4, 0.5) is 9.59 Å². The van der Waals surface area contributed by atoms with Crippen molar-refractivity contribution >= 4 is 53.4 Å². The Balaban J connectivity index is 2.36. The van der Waals surface area contributed by atoms with E-state index in [0.29, 0.717) is 31.2 Å². The van der Waals surface area contributed by atoms with Crippen molar-refractivity contribution in [1.82, 2.24) is 37.2 Å². The molecule has 0 fully saturated rings. The van der Waals surface area contributed by atoms with E-state index in [1.807, 2.05) is 38.1 Å². The standard InChI is InChI=1S/C52H80N8O11/c1-12-13-18-35-21-23-36(24-22-35)37-25-27-38(28-26-37)45(64)58-40(20-15-17-30-55-50(69)71-52(9,10)11)47(66)59-39(19-14-16-29-54-49(68)70-51(6,7)8)46(65)57-34(5)44(63)60-41(31-32(2)3)48(67)56-33(4)42(61)43(53)62/h21-28,32-34,39-41H,12-20,29-31H2,1-11H3,(H2,53,62)(H,54,68)(H,55,69)(H,56,67)(H,57,65)(H,58,64)(H,59,66)(H,60,63)/t33-,34-,39-,40-,41-/m0/s1. The molecule has 0 aromatic heterocycles. The first-order chi connectivity index (χ1) is 33.2. The van der Waals surface area contributed by atoms with E-state index in [0.717, 1.165) is 30.4 Å². The normalized spacial score (nSPS) is 13.5. The third kappa shape index (κ3) is 24.2. The summed E-state index contributed by atoms with van der Waals surface area (Å²) in [5, 5.41) is 18.6. The topological polar surface area (TPSA) is 282 Å². The molecule has 0 saturated carbocycles. The summed E-state index contributed by atoms with van der Waals surface area (Å²) >= 11 is 0. The van der Waals surface area contributed by atoms with Crippen LogP contribution in [0.2, 0.25) is 0 Å². The second kappa shape index (κ2) is 29.6. The van der Waals surface area contributed by atoms with Crippen LogP contribution in [-0.2, 0) is 44.7 Å². The van der Waals surface area contributed by atoms with Crippen LogP contribution in [0.15, 0.2) is 48.5 Å². The van der Waals surface area contributed by atoms with Gasteiger partial charge in [-0.25, -0.2) is 9.59 Å². The van der Waals surface area contributed by atoms with Gasteiger partial charge in [-0.3, -0.25) is 33.6 Å². The molecule has 19 nitrogen and oxygen atoms in total. The predicted molar refractivity (Wildman–Crippen MR) is 271 cm³/mol. The van der Waals surface area contributed by atoms with Crippen LogP contribution in [0, 0.1) is 5.92 Å². The molecular weight excluding hydrogens is 913 g/mol. The molecule has 0 radical (unpaired) electrons. The Hall–Kier alpha value is -6.53. The number of benzene rings is 2. The van der Waals surface area contributed by atoms with Gasteiger partial charge in [0.25, 0.3) is 11.8 Å². The molecule has 0 heterocycles. The molecule has 0 aliphatic heterocycles. The maximum atomic E-state index is 14.3. The third-order valence-corrected chi connectivity index (χ3v) is 10.8. The quantitative estimate of drug-likeness (QED) is 0.0402. The first-order valence-electron chi connectivity index (χ1n) is 24.7. The van der Waals surface area contributed by atoms with Gasteiger partial charge in [-0.15, -0.1) is 0 Å². The van der Waals surface area contributed by atoms with Gasteiger partial charge in [-0.1, -0.05) is 63.6 Å². The number of nitrogens with one attached hydrogen (secondary N) is 7. The monoisotopic (exact) mass is 993 g/mol. The van der Waals surface area contributed by atoms with Crippen molar-refractivity contribution in [1.29, 1.82) is 0 Å². The molecular formula is C52H80N8O11. The average Bonchev–Trinajstić information content (AvgIpc) is 3.27. The van der Waals surface area contributed by atoms with Gasteiger partial charge in [0, 0.05) is 18.7 Å². The lowest BCUT2D eigenvalue weighted by Crippen LogP contribution is -2.58. The lowest BCUT2D eigenvalue weighted by Gasteiger charge is -2.26. The second-order valence-corrected chi connectivity index (χ2v) is 20.2. The molecule has 2 aromatic rings. The predicted octanol–water partition coefficient (Wildman–Crippen LogP) is 5.26. The number of alkyl carbamates (subject to hydrolysis) is 2. The Morgan fingerprint density at radius 1 is 0.535 bits per heavy atom. The number of hydrogen-bond acceptors (Lipinski definition) is 11. The molecule has 19 heteroatoms. The highest BCUT2D eigenvalue weighted by Gasteiger charge is 2.32. The fourth-order valence-corrected chi connectivity index (χ4v) is 7.04. The fourth-order valence-electron chi connectivity index (χ4n) is 7.04. The summed E-state index contributed by atoms with van der Waals surface area (Å²) in [6, 6.07) is 9.22. The van der Waals surface area contributed by atoms with Gasteiger partial charge in [0.05, 0.1) is 6.04 Å². The molecule has 0 aliphatic rings.